The molecule has 0 aliphatic carbocycles. The first-order valence-corrected chi connectivity index (χ1v) is 8.14. The number of hydrogen-bond acceptors (Lipinski definition) is 7. The predicted molar refractivity (Wildman–Crippen MR) is 99.3 cm³/mol. The highest BCUT2D eigenvalue weighted by Gasteiger charge is 2.17. The van der Waals surface area contributed by atoms with Gasteiger partial charge in [-0.3, -0.25) is 14.9 Å². The lowest BCUT2D eigenvalue weighted by Crippen LogP contribution is -2.10. The number of anilines is 1. The molecule has 28 heavy (non-hydrogen) atoms. The third kappa shape index (κ3) is 3.28. The molecule has 0 radical (unpaired) electrons. The minimum atomic E-state index is -0.707. The van der Waals surface area contributed by atoms with Crippen LogP contribution in [0.1, 0.15) is 10.6 Å². The minimum absolute atomic E-state index is 0.149. The van der Waals surface area contributed by atoms with Crippen LogP contribution in [-0.4, -0.2) is 22.9 Å². The van der Waals surface area contributed by atoms with Crippen molar-refractivity contribution in [1.82, 2.24) is 4.98 Å². The minimum Gasteiger partial charge on any atom is -0.497 e. The van der Waals surface area contributed by atoms with Crippen LogP contribution >= 0.6 is 0 Å². The van der Waals surface area contributed by atoms with Crippen LogP contribution in [0.25, 0.3) is 22.6 Å². The van der Waals surface area contributed by atoms with E-state index in [9.17, 15) is 14.9 Å². The molecule has 140 valence electrons. The Morgan fingerprint density at radius 1 is 1.11 bits per heavy atom. The molecule has 0 spiro atoms. The van der Waals surface area contributed by atoms with Crippen molar-refractivity contribution in [2.24, 2.45) is 0 Å². The number of rotatable bonds is 5. The van der Waals surface area contributed by atoms with Gasteiger partial charge < -0.3 is 18.9 Å². The zero-order valence-corrected chi connectivity index (χ0v) is 14.5. The molecule has 0 atom stereocenters. The lowest BCUT2D eigenvalue weighted by atomic mass is 10.2. The molecular weight excluding hydrogens is 366 g/mol. The van der Waals surface area contributed by atoms with Crippen molar-refractivity contribution in [2.75, 3.05) is 12.4 Å². The van der Waals surface area contributed by atoms with Gasteiger partial charge in [-0.05, 0) is 42.5 Å². The van der Waals surface area contributed by atoms with Gasteiger partial charge in [-0.1, -0.05) is 0 Å². The molecule has 1 amide bonds. The number of hydrogen-bond donors (Lipinski definition) is 1. The topological polar surface area (TPSA) is 121 Å². The van der Waals surface area contributed by atoms with Crippen LogP contribution in [0.2, 0.25) is 0 Å². The number of amides is 1. The van der Waals surface area contributed by atoms with Crippen LogP contribution in [0.15, 0.2) is 63.4 Å². The van der Waals surface area contributed by atoms with Gasteiger partial charge in [0.25, 0.3) is 5.91 Å². The molecule has 9 heteroatoms. The van der Waals surface area contributed by atoms with Crippen molar-refractivity contribution in [1.29, 1.82) is 0 Å². The van der Waals surface area contributed by atoms with Crippen LogP contribution in [-0.2, 0) is 0 Å². The number of oxazole rings is 1. The SMILES string of the molecule is COc1ccc2oc(-c3ccc(NC(=O)c4ccc([N+](=O)[O-])o4)cc3)nc2c1. The van der Waals surface area contributed by atoms with E-state index in [1.54, 1.807) is 49.6 Å². The van der Waals surface area contributed by atoms with Gasteiger partial charge in [0.05, 0.1) is 13.2 Å². The fourth-order valence-electron chi connectivity index (χ4n) is 2.59. The highest BCUT2D eigenvalue weighted by Crippen LogP contribution is 2.28. The van der Waals surface area contributed by atoms with Crippen molar-refractivity contribution in [2.45, 2.75) is 0 Å². The van der Waals surface area contributed by atoms with Crippen molar-refractivity contribution in [3.05, 3.63) is 70.5 Å². The van der Waals surface area contributed by atoms with Gasteiger partial charge >= 0.3 is 5.88 Å². The molecule has 0 aliphatic heterocycles. The molecule has 0 unspecified atom stereocenters. The van der Waals surface area contributed by atoms with E-state index in [1.807, 2.05) is 0 Å². The highest BCUT2D eigenvalue weighted by atomic mass is 16.6. The Hall–Kier alpha value is -4.14. The lowest BCUT2D eigenvalue weighted by Gasteiger charge is -2.03. The van der Waals surface area contributed by atoms with Crippen LogP contribution in [0.3, 0.4) is 0 Å². The summed E-state index contributed by atoms with van der Waals surface area (Å²) in [6.45, 7) is 0. The molecule has 0 bridgehead atoms. The Bertz CT molecular complexity index is 1180. The molecule has 0 aliphatic rings. The van der Waals surface area contributed by atoms with E-state index in [0.717, 1.165) is 11.6 Å². The van der Waals surface area contributed by atoms with E-state index in [4.69, 9.17) is 13.6 Å². The number of benzene rings is 2. The number of methoxy groups -OCH3 is 1. The normalized spacial score (nSPS) is 10.8. The van der Waals surface area contributed by atoms with Gasteiger partial charge in [-0.2, -0.15) is 0 Å². The fraction of sp³-hybridized carbons (Fsp3) is 0.0526. The average molecular weight is 379 g/mol. The average Bonchev–Trinajstić information content (AvgIpc) is 3.35. The summed E-state index contributed by atoms with van der Waals surface area (Å²) in [6, 6.07) is 14.5. The van der Waals surface area contributed by atoms with E-state index in [-0.39, 0.29) is 5.76 Å². The molecule has 4 rings (SSSR count). The summed E-state index contributed by atoms with van der Waals surface area (Å²) in [5.41, 5.74) is 2.52. The van der Waals surface area contributed by atoms with Crippen molar-refractivity contribution in [3.63, 3.8) is 0 Å². The van der Waals surface area contributed by atoms with Crippen molar-refractivity contribution < 1.29 is 23.3 Å². The first-order valence-electron chi connectivity index (χ1n) is 8.14. The summed E-state index contributed by atoms with van der Waals surface area (Å²) >= 11 is 0. The van der Waals surface area contributed by atoms with Crippen LogP contribution < -0.4 is 10.1 Å². The van der Waals surface area contributed by atoms with E-state index in [1.165, 1.54) is 6.07 Å². The monoisotopic (exact) mass is 379 g/mol. The van der Waals surface area contributed by atoms with Crippen molar-refractivity contribution >= 4 is 28.6 Å². The first-order chi connectivity index (χ1) is 13.5. The van der Waals surface area contributed by atoms with Gasteiger partial charge in [-0.15, -0.1) is 0 Å². The molecular formula is C19H13N3O6. The third-order valence-corrected chi connectivity index (χ3v) is 3.98. The maximum atomic E-state index is 12.1. The summed E-state index contributed by atoms with van der Waals surface area (Å²) in [4.78, 5) is 26.5. The van der Waals surface area contributed by atoms with Gasteiger partial charge in [0.1, 0.15) is 16.2 Å². The molecule has 4 aromatic rings. The van der Waals surface area contributed by atoms with Crippen molar-refractivity contribution in [3.8, 4) is 17.2 Å². The Balaban J connectivity index is 1.52. The number of carbonyl (C=O) groups is 1. The molecule has 0 fully saturated rings. The fourth-order valence-corrected chi connectivity index (χ4v) is 2.59. The van der Waals surface area contributed by atoms with Gasteiger partial charge in [0.2, 0.25) is 5.89 Å². The second-order valence-electron chi connectivity index (χ2n) is 5.78. The molecule has 0 saturated carbocycles. The number of nitro groups is 1. The second-order valence-corrected chi connectivity index (χ2v) is 5.78. The molecule has 2 aromatic carbocycles. The molecule has 9 nitrogen and oxygen atoms in total. The molecule has 2 heterocycles. The Kier molecular flexibility index (Phi) is 4.24. The largest absolute Gasteiger partial charge is 0.497 e. The van der Waals surface area contributed by atoms with Crippen LogP contribution in [0.5, 0.6) is 5.75 Å². The number of nitrogens with one attached hydrogen (secondary N) is 1. The number of fused-ring (bicyclic) bond motifs is 1. The van der Waals surface area contributed by atoms with Crippen LogP contribution in [0, 0.1) is 10.1 Å². The van der Waals surface area contributed by atoms with Gasteiger partial charge in [-0.25, -0.2) is 4.98 Å². The number of ether oxygens (including phenoxy) is 1. The Morgan fingerprint density at radius 2 is 1.89 bits per heavy atom. The standard InChI is InChI=1S/C19H13N3O6/c1-26-13-6-7-15-14(10-13)21-19(28-15)11-2-4-12(5-3-11)20-18(23)16-8-9-17(27-16)22(24)25/h2-10H,1H3,(H,20,23). The Morgan fingerprint density at radius 3 is 2.57 bits per heavy atom. The van der Waals surface area contributed by atoms with E-state index >= 15 is 0 Å². The summed E-state index contributed by atoms with van der Waals surface area (Å²) in [7, 11) is 1.58. The lowest BCUT2D eigenvalue weighted by molar-refractivity contribution is -0.402. The Labute approximate surface area is 157 Å². The quantitative estimate of drug-likeness (QED) is 0.406. The summed E-state index contributed by atoms with van der Waals surface area (Å²) in [5, 5.41) is 13.2. The second kappa shape index (κ2) is 6.88. The maximum absolute atomic E-state index is 12.1. The zero-order chi connectivity index (χ0) is 19.7. The van der Waals surface area contributed by atoms with Gasteiger partial charge in [0.15, 0.2) is 11.3 Å². The summed E-state index contributed by atoms with van der Waals surface area (Å²) in [5.74, 6) is -0.113. The van der Waals surface area contributed by atoms with E-state index in [0.29, 0.717) is 28.4 Å². The number of carbonyl (C=O) groups excluding carboxylic acids is 1. The third-order valence-electron chi connectivity index (χ3n) is 3.98. The van der Waals surface area contributed by atoms with E-state index in [2.05, 4.69) is 10.3 Å². The number of furan rings is 1. The van der Waals surface area contributed by atoms with Crippen LogP contribution in [0.4, 0.5) is 11.6 Å². The smallest absolute Gasteiger partial charge is 0.433 e. The van der Waals surface area contributed by atoms with E-state index < -0.39 is 16.7 Å². The zero-order valence-electron chi connectivity index (χ0n) is 14.5. The summed E-state index contributed by atoms with van der Waals surface area (Å²) in [6.07, 6.45) is 0. The predicted octanol–water partition coefficient (Wildman–Crippen LogP) is 4.26. The molecule has 0 saturated heterocycles. The summed E-state index contributed by atoms with van der Waals surface area (Å²) < 4.78 is 15.8. The number of aromatic nitrogens is 1. The highest BCUT2D eigenvalue weighted by molar-refractivity contribution is 6.02. The van der Waals surface area contributed by atoms with Gasteiger partial charge in [0, 0.05) is 17.3 Å². The molecule has 1 N–H and O–H groups in total. The molecule has 2 aromatic heterocycles. The maximum Gasteiger partial charge on any atom is 0.433 e. The first kappa shape index (κ1) is 17.3. The number of nitrogens with zero attached hydrogens (tertiary/aromatic N) is 2.